The van der Waals surface area contributed by atoms with Crippen LogP contribution in [0.5, 0.6) is 0 Å². The first-order chi connectivity index (χ1) is 7.02. The molecule has 0 aromatic heterocycles. The molecule has 0 fully saturated rings. The van der Waals surface area contributed by atoms with Gasteiger partial charge < -0.3 is 10.8 Å². The van der Waals surface area contributed by atoms with Crippen LogP contribution in [0.1, 0.15) is 18.9 Å². The van der Waals surface area contributed by atoms with Crippen molar-refractivity contribution in [1.29, 1.82) is 0 Å². The Bertz CT molecular complexity index is 317. The molecule has 0 amide bonds. The quantitative estimate of drug-likeness (QED) is 0.860. The van der Waals surface area contributed by atoms with Gasteiger partial charge in [0.25, 0.3) is 0 Å². The van der Waals surface area contributed by atoms with Crippen molar-refractivity contribution in [1.82, 2.24) is 0 Å². The number of halogens is 2. The molecule has 1 aromatic carbocycles. The third kappa shape index (κ3) is 3.08. The molecule has 0 saturated heterocycles. The Morgan fingerprint density at radius 3 is 2.27 bits per heavy atom. The highest BCUT2D eigenvalue weighted by atomic mass is 35.5. The van der Waals surface area contributed by atoms with Crippen LogP contribution >= 0.6 is 23.2 Å². The largest absolute Gasteiger partial charge is 0.388 e. The molecule has 15 heavy (non-hydrogen) atoms. The molecule has 2 nitrogen and oxygen atoms in total. The highest BCUT2D eigenvalue weighted by molar-refractivity contribution is 6.36. The van der Waals surface area contributed by atoms with Crippen LogP contribution in [0.4, 0.5) is 0 Å². The molecule has 0 aliphatic rings. The molecule has 1 aromatic rings. The zero-order chi connectivity index (χ0) is 11.5. The Hall–Kier alpha value is -0.280. The van der Waals surface area contributed by atoms with Gasteiger partial charge in [0, 0.05) is 23.0 Å². The molecule has 1 atom stereocenters. The Labute approximate surface area is 100.0 Å². The monoisotopic (exact) mass is 247 g/mol. The van der Waals surface area contributed by atoms with Crippen molar-refractivity contribution in [3.63, 3.8) is 0 Å². The van der Waals surface area contributed by atoms with Crippen molar-refractivity contribution in [2.45, 2.75) is 25.4 Å². The summed E-state index contributed by atoms with van der Waals surface area (Å²) in [5.74, 6) is 0. The van der Waals surface area contributed by atoms with E-state index in [1.165, 1.54) is 0 Å². The van der Waals surface area contributed by atoms with Gasteiger partial charge in [-0.2, -0.15) is 0 Å². The van der Waals surface area contributed by atoms with Crippen LogP contribution in [0, 0.1) is 0 Å². The summed E-state index contributed by atoms with van der Waals surface area (Å²) in [6, 6.07) is 5.30. The third-order valence-corrected chi connectivity index (χ3v) is 3.31. The predicted molar refractivity (Wildman–Crippen MR) is 64.5 cm³/mol. The van der Waals surface area contributed by atoms with Crippen LogP contribution in [0.2, 0.25) is 10.0 Å². The Morgan fingerprint density at radius 1 is 1.33 bits per heavy atom. The fraction of sp³-hybridized carbons (Fsp3) is 0.455. The Kier molecular flexibility index (Phi) is 4.41. The zero-order valence-electron chi connectivity index (χ0n) is 8.63. The fourth-order valence-electron chi connectivity index (χ4n) is 1.37. The molecule has 4 heteroatoms. The molecular weight excluding hydrogens is 233 g/mol. The van der Waals surface area contributed by atoms with Gasteiger partial charge in [-0.1, -0.05) is 36.2 Å². The summed E-state index contributed by atoms with van der Waals surface area (Å²) in [4.78, 5) is 0. The van der Waals surface area contributed by atoms with Gasteiger partial charge in [-0.3, -0.25) is 0 Å². The molecule has 0 heterocycles. The first kappa shape index (κ1) is 12.8. The molecule has 0 saturated carbocycles. The van der Waals surface area contributed by atoms with E-state index in [-0.39, 0.29) is 6.54 Å². The standard InChI is InChI=1S/C11H15Cl2NO/c1-2-11(15,7-14)6-8-9(12)4-3-5-10(8)13/h3-5,15H,2,6-7,14H2,1H3. The van der Waals surface area contributed by atoms with Crippen LogP contribution in [0.3, 0.4) is 0 Å². The van der Waals surface area contributed by atoms with E-state index in [0.717, 1.165) is 5.56 Å². The molecule has 0 aliphatic heterocycles. The second kappa shape index (κ2) is 5.17. The summed E-state index contributed by atoms with van der Waals surface area (Å²) in [7, 11) is 0. The maximum Gasteiger partial charge on any atom is 0.0807 e. The zero-order valence-corrected chi connectivity index (χ0v) is 10.1. The molecule has 0 bridgehead atoms. The van der Waals surface area contributed by atoms with Gasteiger partial charge in [-0.15, -0.1) is 0 Å². The van der Waals surface area contributed by atoms with E-state index in [1.54, 1.807) is 18.2 Å². The first-order valence-corrected chi connectivity index (χ1v) is 5.63. The average Bonchev–Trinajstić information content (AvgIpc) is 2.23. The highest BCUT2D eigenvalue weighted by Gasteiger charge is 2.25. The minimum atomic E-state index is -0.922. The Balaban J connectivity index is 2.98. The van der Waals surface area contributed by atoms with Gasteiger partial charge in [0.2, 0.25) is 0 Å². The van der Waals surface area contributed by atoms with Crippen molar-refractivity contribution >= 4 is 23.2 Å². The van der Waals surface area contributed by atoms with Crippen LogP contribution < -0.4 is 5.73 Å². The normalized spacial score (nSPS) is 15.0. The van der Waals surface area contributed by atoms with Crippen molar-refractivity contribution in [2.75, 3.05) is 6.54 Å². The maximum atomic E-state index is 10.1. The third-order valence-electron chi connectivity index (χ3n) is 2.61. The summed E-state index contributed by atoms with van der Waals surface area (Å²) in [6.07, 6.45) is 0.962. The maximum absolute atomic E-state index is 10.1. The van der Waals surface area contributed by atoms with E-state index >= 15 is 0 Å². The number of hydrogen-bond acceptors (Lipinski definition) is 2. The highest BCUT2D eigenvalue weighted by Crippen LogP contribution is 2.28. The SMILES string of the molecule is CCC(O)(CN)Cc1c(Cl)cccc1Cl. The van der Waals surface area contributed by atoms with E-state index in [1.807, 2.05) is 6.92 Å². The van der Waals surface area contributed by atoms with E-state index in [2.05, 4.69) is 0 Å². The fourth-order valence-corrected chi connectivity index (χ4v) is 1.90. The summed E-state index contributed by atoms with van der Waals surface area (Å²) in [5.41, 5.74) is 5.37. The lowest BCUT2D eigenvalue weighted by Crippen LogP contribution is -2.39. The van der Waals surface area contributed by atoms with Crippen LogP contribution in [-0.2, 0) is 6.42 Å². The predicted octanol–water partition coefficient (Wildman–Crippen LogP) is 2.64. The van der Waals surface area contributed by atoms with Gasteiger partial charge >= 0.3 is 0 Å². The average molecular weight is 248 g/mol. The van der Waals surface area contributed by atoms with Gasteiger partial charge in [-0.25, -0.2) is 0 Å². The molecule has 0 spiro atoms. The van der Waals surface area contributed by atoms with Crippen LogP contribution in [0.25, 0.3) is 0 Å². The number of rotatable bonds is 4. The lowest BCUT2D eigenvalue weighted by molar-refractivity contribution is 0.0456. The van der Waals surface area contributed by atoms with E-state index in [0.29, 0.717) is 22.9 Å². The van der Waals surface area contributed by atoms with E-state index in [9.17, 15) is 5.11 Å². The molecule has 84 valence electrons. The van der Waals surface area contributed by atoms with Crippen molar-refractivity contribution in [3.8, 4) is 0 Å². The topological polar surface area (TPSA) is 46.2 Å². The second-order valence-corrected chi connectivity index (χ2v) is 4.47. The van der Waals surface area contributed by atoms with Crippen molar-refractivity contribution in [3.05, 3.63) is 33.8 Å². The van der Waals surface area contributed by atoms with Crippen LogP contribution in [-0.4, -0.2) is 17.3 Å². The lowest BCUT2D eigenvalue weighted by Gasteiger charge is -2.25. The number of hydrogen-bond donors (Lipinski definition) is 2. The number of nitrogens with two attached hydrogens (primary N) is 1. The van der Waals surface area contributed by atoms with Crippen molar-refractivity contribution in [2.24, 2.45) is 5.73 Å². The smallest absolute Gasteiger partial charge is 0.0807 e. The summed E-state index contributed by atoms with van der Waals surface area (Å²) < 4.78 is 0. The molecule has 3 N–H and O–H groups in total. The van der Waals surface area contributed by atoms with E-state index in [4.69, 9.17) is 28.9 Å². The van der Waals surface area contributed by atoms with Crippen LogP contribution in [0.15, 0.2) is 18.2 Å². The van der Waals surface area contributed by atoms with Gasteiger partial charge in [0.05, 0.1) is 5.60 Å². The minimum Gasteiger partial charge on any atom is -0.388 e. The summed E-state index contributed by atoms with van der Waals surface area (Å²) in [5, 5.41) is 11.2. The molecule has 1 rings (SSSR count). The number of aliphatic hydroxyl groups is 1. The summed E-state index contributed by atoms with van der Waals surface area (Å²) in [6.45, 7) is 2.09. The molecular formula is C11H15Cl2NO. The molecule has 0 aliphatic carbocycles. The van der Waals surface area contributed by atoms with E-state index < -0.39 is 5.60 Å². The second-order valence-electron chi connectivity index (χ2n) is 3.66. The minimum absolute atomic E-state index is 0.199. The van der Waals surface area contributed by atoms with Gasteiger partial charge in [0.15, 0.2) is 0 Å². The molecule has 0 radical (unpaired) electrons. The Morgan fingerprint density at radius 2 is 1.87 bits per heavy atom. The molecule has 1 unspecified atom stereocenters. The lowest BCUT2D eigenvalue weighted by atomic mass is 9.92. The van der Waals surface area contributed by atoms with Gasteiger partial charge in [0.1, 0.15) is 0 Å². The van der Waals surface area contributed by atoms with Crippen molar-refractivity contribution < 1.29 is 5.11 Å². The first-order valence-electron chi connectivity index (χ1n) is 4.88. The number of benzene rings is 1. The van der Waals surface area contributed by atoms with Gasteiger partial charge in [-0.05, 0) is 24.1 Å². The summed E-state index contributed by atoms with van der Waals surface area (Å²) >= 11 is 12.0.